The van der Waals surface area contributed by atoms with Crippen molar-refractivity contribution in [3.8, 4) is 0 Å². The molecule has 0 aliphatic carbocycles. The Kier molecular flexibility index (Phi) is 7.11. The molecule has 0 aliphatic rings. The molecule has 7 heteroatoms. The van der Waals surface area contributed by atoms with E-state index >= 15 is 0 Å². The molecule has 0 fully saturated rings. The summed E-state index contributed by atoms with van der Waals surface area (Å²) >= 11 is 3.30. The third kappa shape index (κ3) is 4.82. The zero-order chi connectivity index (χ0) is 15.2. The van der Waals surface area contributed by atoms with E-state index in [4.69, 9.17) is 4.74 Å². The van der Waals surface area contributed by atoms with Crippen LogP contribution >= 0.6 is 15.9 Å². The Balaban J connectivity index is 3.04. The average Bonchev–Trinajstić information content (AvgIpc) is 2.40. The van der Waals surface area contributed by atoms with Gasteiger partial charge in [0.05, 0.1) is 11.5 Å². The topological polar surface area (TPSA) is 67.4 Å². The molecular weight excluding hydrogens is 344 g/mol. The molecule has 0 aromatic heterocycles. The lowest BCUT2D eigenvalue weighted by molar-refractivity contribution is 0.173. The van der Waals surface area contributed by atoms with E-state index in [0.717, 1.165) is 5.56 Å². The Morgan fingerprint density at radius 3 is 2.65 bits per heavy atom. The van der Waals surface area contributed by atoms with E-state index in [1.54, 1.807) is 19.2 Å². The number of nitrogens with one attached hydrogen (secondary N) is 2. The van der Waals surface area contributed by atoms with Crippen molar-refractivity contribution in [2.75, 3.05) is 20.8 Å². The highest BCUT2D eigenvalue weighted by atomic mass is 79.9. The zero-order valence-corrected chi connectivity index (χ0v) is 14.3. The molecule has 5 nitrogen and oxygen atoms in total. The number of rotatable bonds is 8. The van der Waals surface area contributed by atoms with Gasteiger partial charge in [-0.25, -0.2) is 13.1 Å². The summed E-state index contributed by atoms with van der Waals surface area (Å²) in [5, 5.41) is 3.00. The lowest BCUT2D eigenvalue weighted by Crippen LogP contribution is -2.37. The van der Waals surface area contributed by atoms with Crippen LogP contribution in [0.25, 0.3) is 0 Å². The molecule has 0 spiro atoms. The van der Waals surface area contributed by atoms with E-state index in [1.807, 2.05) is 20.0 Å². The number of halogens is 1. The minimum Gasteiger partial charge on any atom is -0.383 e. The quantitative estimate of drug-likeness (QED) is 0.738. The molecule has 0 saturated heterocycles. The second-order valence-corrected chi connectivity index (χ2v) is 7.01. The minimum atomic E-state index is -3.57. The summed E-state index contributed by atoms with van der Waals surface area (Å²) in [6, 6.07) is 5.07. The first kappa shape index (κ1) is 17.6. The van der Waals surface area contributed by atoms with Gasteiger partial charge in [0.25, 0.3) is 0 Å². The molecular formula is C13H21BrN2O3S. The normalized spacial score (nSPS) is 13.4. The van der Waals surface area contributed by atoms with Gasteiger partial charge in [-0.1, -0.05) is 13.0 Å². The fourth-order valence-corrected chi connectivity index (χ4v) is 4.10. The summed E-state index contributed by atoms with van der Waals surface area (Å²) < 4.78 is 33.1. The van der Waals surface area contributed by atoms with Gasteiger partial charge >= 0.3 is 0 Å². The molecule has 2 N–H and O–H groups in total. The lowest BCUT2D eigenvalue weighted by Gasteiger charge is -2.17. The van der Waals surface area contributed by atoms with Gasteiger partial charge in [0.15, 0.2) is 0 Å². The molecule has 0 amide bonds. The van der Waals surface area contributed by atoms with E-state index in [9.17, 15) is 8.42 Å². The predicted octanol–water partition coefficient (Wildman–Crippen LogP) is 1.87. The van der Waals surface area contributed by atoms with Gasteiger partial charge in [-0.15, -0.1) is 0 Å². The van der Waals surface area contributed by atoms with Gasteiger partial charge in [-0.2, -0.15) is 0 Å². The second kappa shape index (κ2) is 8.09. The van der Waals surface area contributed by atoms with E-state index in [2.05, 4.69) is 26.0 Å². The first-order chi connectivity index (χ1) is 9.44. The fraction of sp³-hybridized carbons (Fsp3) is 0.538. The molecule has 1 aromatic carbocycles. The first-order valence-electron chi connectivity index (χ1n) is 6.38. The Labute approximate surface area is 129 Å². The number of hydrogen-bond acceptors (Lipinski definition) is 4. The molecule has 0 bridgehead atoms. The van der Waals surface area contributed by atoms with Gasteiger partial charge in [-0.05, 0) is 47.1 Å². The van der Waals surface area contributed by atoms with Crippen molar-refractivity contribution in [2.45, 2.75) is 30.8 Å². The van der Waals surface area contributed by atoms with Crippen LogP contribution in [-0.4, -0.2) is 35.2 Å². The van der Waals surface area contributed by atoms with E-state index < -0.39 is 10.0 Å². The maximum Gasteiger partial charge on any atom is 0.242 e. The number of hydrogen-bond donors (Lipinski definition) is 2. The zero-order valence-electron chi connectivity index (χ0n) is 11.9. The molecule has 1 atom stereocenters. The number of benzene rings is 1. The molecule has 1 unspecified atom stereocenters. The fourth-order valence-electron chi connectivity index (χ4n) is 1.79. The van der Waals surface area contributed by atoms with Crippen molar-refractivity contribution < 1.29 is 13.2 Å². The summed E-state index contributed by atoms with van der Waals surface area (Å²) in [6.07, 6.45) is 0.668. The Morgan fingerprint density at radius 1 is 1.40 bits per heavy atom. The summed E-state index contributed by atoms with van der Waals surface area (Å²) in [6.45, 7) is 2.88. The van der Waals surface area contributed by atoms with Crippen molar-refractivity contribution in [3.63, 3.8) is 0 Å². The van der Waals surface area contributed by atoms with Crippen molar-refractivity contribution >= 4 is 26.0 Å². The van der Waals surface area contributed by atoms with Crippen LogP contribution in [0, 0.1) is 0 Å². The maximum absolute atomic E-state index is 12.4. The van der Waals surface area contributed by atoms with Crippen LogP contribution in [0.5, 0.6) is 0 Å². The van der Waals surface area contributed by atoms with Gasteiger partial charge < -0.3 is 10.1 Å². The summed E-state index contributed by atoms with van der Waals surface area (Å²) in [4.78, 5) is 0.250. The van der Waals surface area contributed by atoms with Crippen molar-refractivity contribution in [1.29, 1.82) is 0 Å². The number of ether oxygens (including phenoxy) is 1. The van der Waals surface area contributed by atoms with Crippen molar-refractivity contribution in [3.05, 3.63) is 28.2 Å². The van der Waals surface area contributed by atoms with Crippen molar-refractivity contribution in [1.82, 2.24) is 10.0 Å². The maximum atomic E-state index is 12.4. The Morgan fingerprint density at radius 2 is 2.10 bits per heavy atom. The molecule has 1 aromatic rings. The standard InChI is InChI=1S/C13H21BrN2O3S/c1-4-11(9-19-3)16-20(17,18)13-7-10(8-15-2)5-6-12(13)14/h5-7,11,15-16H,4,8-9H2,1-3H3. The predicted molar refractivity (Wildman–Crippen MR) is 83.2 cm³/mol. The molecule has 20 heavy (non-hydrogen) atoms. The highest BCUT2D eigenvalue weighted by Gasteiger charge is 2.21. The molecule has 0 radical (unpaired) electrons. The monoisotopic (exact) mass is 364 g/mol. The second-order valence-electron chi connectivity index (χ2n) is 4.48. The summed E-state index contributed by atoms with van der Waals surface area (Å²) in [7, 11) is -0.194. The molecule has 114 valence electrons. The number of sulfonamides is 1. The molecule has 1 rings (SSSR count). The third-order valence-electron chi connectivity index (χ3n) is 2.85. The Hall–Kier alpha value is -0.470. The summed E-state index contributed by atoms with van der Waals surface area (Å²) in [5.74, 6) is 0. The number of methoxy groups -OCH3 is 1. The molecule has 0 heterocycles. The Bertz CT molecular complexity index is 534. The SMILES string of the molecule is CCC(COC)NS(=O)(=O)c1cc(CNC)ccc1Br. The summed E-state index contributed by atoms with van der Waals surface area (Å²) in [5.41, 5.74) is 0.913. The van der Waals surface area contributed by atoms with E-state index in [-0.39, 0.29) is 10.9 Å². The van der Waals surface area contributed by atoms with Crippen LogP contribution in [0.4, 0.5) is 0 Å². The van der Waals surface area contributed by atoms with Crippen molar-refractivity contribution in [2.24, 2.45) is 0 Å². The van der Waals surface area contributed by atoms with Crippen LogP contribution in [0.2, 0.25) is 0 Å². The highest BCUT2D eigenvalue weighted by Crippen LogP contribution is 2.23. The van der Waals surface area contributed by atoms with E-state index in [1.165, 1.54) is 0 Å². The lowest BCUT2D eigenvalue weighted by atomic mass is 10.2. The van der Waals surface area contributed by atoms with E-state index in [0.29, 0.717) is 24.0 Å². The minimum absolute atomic E-state index is 0.232. The van der Waals surface area contributed by atoms with Crippen LogP contribution < -0.4 is 10.0 Å². The molecule has 0 saturated carbocycles. The average molecular weight is 365 g/mol. The van der Waals surface area contributed by atoms with Gasteiger partial charge in [0, 0.05) is 24.2 Å². The van der Waals surface area contributed by atoms with Gasteiger partial charge in [-0.3, -0.25) is 0 Å². The third-order valence-corrected chi connectivity index (χ3v) is 5.36. The van der Waals surface area contributed by atoms with Crippen LogP contribution in [0.3, 0.4) is 0 Å². The highest BCUT2D eigenvalue weighted by molar-refractivity contribution is 9.10. The molecule has 0 aliphatic heterocycles. The smallest absolute Gasteiger partial charge is 0.242 e. The van der Waals surface area contributed by atoms with Gasteiger partial charge in [0.1, 0.15) is 0 Å². The first-order valence-corrected chi connectivity index (χ1v) is 8.66. The van der Waals surface area contributed by atoms with Gasteiger partial charge in [0.2, 0.25) is 10.0 Å². The van der Waals surface area contributed by atoms with Crippen LogP contribution in [0.1, 0.15) is 18.9 Å². The largest absolute Gasteiger partial charge is 0.383 e. The van der Waals surface area contributed by atoms with Crippen LogP contribution in [-0.2, 0) is 21.3 Å². The van der Waals surface area contributed by atoms with Crippen LogP contribution in [0.15, 0.2) is 27.6 Å².